The first kappa shape index (κ1) is 13.9. The van der Waals surface area contributed by atoms with Crippen LogP contribution < -0.4 is 5.73 Å². The second-order valence-corrected chi connectivity index (χ2v) is 4.94. The number of imidazole rings is 1. The average molecular weight is 260 g/mol. The van der Waals surface area contributed by atoms with Crippen molar-refractivity contribution in [3.63, 3.8) is 0 Å². The molecule has 4 nitrogen and oxygen atoms in total. The molecule has 0 unspecified atom stereocenters. The molecule has 4 heteroatoms. The maximum atomic E-state index is 5.80. The molecule has 19 heavy (non-hydrogen) atoms. The van der Waals surface area contributed by atoms with Crippen molar-refractivity contribution in [1.29, 1.82) is 0 Å². The number of nitrogens with zero attached hydrogens (tertiary/aromatic N) is 3. The van der Waals surface area contributed by atoms with Crippen LogP contribution in [0, 0.1) is 6.92 Å². The van der Waals surface area contributed by atoms with E-state index in [-0.39, 0.29) is 0 Å². The van der Waals surface area contributed by atoms with Gasteiger partial charge in [0.25, 0.3) is 0 Å². The Labute approximate surface area is 115 Å². The predicted octanol–water partition coefficient (Wildman–Crippen LogP) is 2.66. The molecule has 2 rings (SSSR count). The molecule has 2 N–H and O–H groups in total. The lowest BCUT2D eigenvalue weighted by molar-refractivity contribution is 0.293. The summed E-state index contributed by atoms with van der Waals surface area (Å²) in [7, 11) is 0. The van der Waals surface area contributed by atoms with Crippen molar-refractivity contribution in [3.8, 4) is 0 Å². The molecule has 0 aliphatic rings. The van der Waals surface area contributed by atoms with E-state index in [1.54, 1.807) is 0 Å². The van der Waals surface area contributed by atoms with E-state index in [0.29, 0.717) is 0 Å². The molecule has 2 aromatic rings. The van der Waals surface area contributed by atoms with Gasteiger partial charge in [0.2, 0.25) is 0 Å². The van der Waals surface area contributed by atoms with Crippen molar-refractivity contribution >= 4 is 16.7 Å². The maximum absolute atomic E-state index is 5.80. The maximum Gasteiger partial charge on any atom is 0.106 e. The minimum absolute atomic E-state index is 0.778. The third-order valence-corrected chi connectivity index (χ3v) is 3.71. The zero-order chi connectivity index (χ0) is 13.8. The highest BCUT2D eigenvalue weighted by molar-refractivity contribution is 5.79. The van der Waals surface area contributed by atoms with Crippen LogP contribution in [0.1, 0.15) is 26.1 Å². The van der Waals surface area contributed by atoms with Crippen LogP contribution in [0.2, 0.25) is 0 Å². The van der Waals surface area contributed by atoms with Gasteiger partial charge in [-0.25, -0.2) is 4.98 Å². The number of nitrogen functional groups attached to an aromatic ring is 1. The molecule has 0 aliphatic heterocycles. The molecule has 0 spiro atoms. The Balaban J connectivity index is 2.10. The van der Waals surface area contributed by atoms with E-state index in [9.17, 15) is 0 Å². The zero-order valence-corrected chi connectivity index (χ0v) is 12.2. The lowest BCUT2D eigenvalue weighted by Gasteiger charge is -2.18. The molecule has 0 radical (unpaired) electrons. The highest BCUT2D eigenvalue weighted by Gasteiger charge is 2.07. The van der Waals surface area contributed by atoms with E-state index in [4.69, 9.17) is 5.73 Å². The lowest BCUT2D eigenvalue weighted by Crippen LogP contribution is -2.24. The molecule has 104 valence electrons. The minimum Gasteiger partial charge on any atom is -0.399 e. The highest BCUT2D eigenvalue weighted by atomic mass is 15.1. The number of anilines is 1. The summed E-state index contributed by atoms with van der Waals surface area (Å²) in [4.78, 5) is 7.03. The van der Waals surface area contributed by atoms with Crippen molar-refractivity contribution in [3.05, 3.63) is 24.0 Å². The fourth-order valence-corrected chi connectivity index (χ4v) is 2.54. The Morgan fingerprint density at radius 1 is 1.26 bits per heavy atom. The van der Waals surface area contributed by atoms with Gasteiger partial charge in [-0.3, -0.25) is 0 Å². The molecular formula is C15H24N4. The van der Waals surface area contributed by atoms with Crippen LogP contribution in [-0.2, 0) is 6.54 Å². The third-order valence-electron chi connectivity index (χ3n) is 3.71. The van der Waals surface area contributed by atoms with E-state index in [2.05, 4.69) is 41.3 Å². The van der Waals surface area contributed by atoms with Crippen molar-refractivity contribution < 1.29 is 0 Å². The van der Waals surface area contributed by atoms with E-state index in [1.165, 1.54) is 5.52 Å². The Bertz CT molecular complexity index is 540. The smallest absolute Gasteiger partial charge is 0.106 e. The fourth-order valence-electron chi connectivity index (χ4n) is 2.54. The molecule has 0 amide bonds. The summed E-state index contributed by atoms with van der Waals surface area (Å²) < 4.78 is 2.29. The monoisotopic (exact) mass is 260 g/mol. The number of aryl methyl sites for hydroxylation is 2. The van der Waals surface area contributed by atoms with Gasteiger partial charge in [0.1, 0.15) is 5.82 Å². The first-order chi connectivity index (χ1) is 9.15. The molecule has 0 fully saturated rings. The predicted molar refractivity (Wildman–Crippen MR) is 81.3 cm³/mol. The molecule has 0 saturated carbocycles. The van der Waals surface area contributed by atoms with E-state index >= 15 is 0 Å². The fraction of sp³-hybridized carbons (Fsp3) is 0.533. The number of fused-ring (bicyclic) bond motifs is 1. The second kappa shape index (κ2) is 6.06. The van der Waals surface area contributed by atoms with Crippen LogP contribution in [0.3, 0.4) is 0 Å². The molecule has 0 aliphatic carbocycles. The summed E-state index contributed by atoms with van der Waals surface area (Å²) in [5.74, 6) is 1.07. The number of hydrogen-bond acceptors (Lipinski definition) is 3. The topological polar surface area (TPSA) is 47.1 Å². The van der Waals surface area contributed by atoms with Gasteiger partial charge in [-0.05, 0) is 51.2 Å². The first-order valence-electron chi connectivity index (χ1n) is 7.10. The summed E-state index contributed by atoms with van der Waals surface area (Å²) in [6.07, 6.45) is 1.15. The largest absolute Gasteiger partial charge is 0.399 e. The van der Waals surface area contributed by atoms with Crippen LogP contribution in [-0.4, -0.2) is 34.1 Å². The lowest BCUT2D eigenvalue weighted by atomic mass is 10.2. The minimum atomic E-state index is 0.778. The van der Waals surface area contributed by atoms with Gasteiger partial charge in [-0.15, -0.1) is 0 Å². The SMILES string of the molecule is CCN(CC)CCCn1c(C)nc2cc(N)ccc21. The zero-order valence-electron chi connectivity index (χ0n) is 12.2. The van der Waals surface area contributed by atoms with Gasteiger partial charge in [-0.2, -0.15) is 0 Å². The van der Waals surface area contributed by atoms with E-state index in [0.717, 1.165) is 49.6 Å². The Morgan fingerprint density at radius 3 is 2.68 bits per heavy atom. The number of rotatable bonds is 6. The van der Waals surface area contributed by atoms with Crippen LogP contribution in [0.15, 0.2) is 18.2 Å². The Kier molecular flexibility index (Phi) is 4.43. The van der Waals surface area contributed by atoms with Crippen LogP contribution >= 0.6 is 0 Å². The molecular weight excluding hydrogens is 236 g/mol. The van der Waals surface area contributed by atoms with Crippen LogP contribution in [0.4, 0.5) is 5.69 Å². The number of benzene rings is 1. The molecule has 0 bridgehead atoms. The van der Waals surface area contributed by atoms with Gasteiger partial charge in [0.15, 0.2) is 0 Å². The number of aromatic nitrogens is 2. The number of nitrogens with two attached hydrogens (primary N) is 1. The Hall–Kier alpha value is -1.55. The highest BCUT2D eigenvalue weighted by Crippen LogP contribution is 2.19. The van der Waals surface area contributed by atoms with E-state index in [1.807, 2.05) is 12.1 Å². The molecule has 1 heterocycles. The molecule has 1 aromatic carbocycles. The standard InChI is InChI=1S/C15H24N4/c1-4-18(5-2)9-6-10-19-12(3)17-14-11-13(16)7-8-15(14)19/h7-8,11H,4-6,9-10,16H2,1-3H3. The van der Waals surface area contributed by atoms with Crippen LogP contribution in [0.5, 0.6) is 0 Å². The third kappa shape index (κ3) is 3.07. The van der Waals surface area contributed by atoms with Crippen molar-refractivity contribution in [2.45, 2.75) is 33.7 Å². The molecule has 1 aromatic heterocycles. The van der Waals surface area contributed by atoms with Gasteiger partial charge in [-0.1, -0.05) is 13.8 Å². The van der Waals surface area contributed by atoms with Crippen LogP contribution in [0.25, 0.3) is 11.0 Å². The van der Waals surface area contributed by atoms with E-state index < -0.39 is 0 Å². The van der Waals surface area contributed by atoms with Crippen molar-refractivity contribution in [1.82, 2.24) is 14.5 Å². The summed E-state index contributed by atoms with van der Waals surface area (Å²) in [6, 6.07) is 5.97. The molecule has 0 saturated heterocycles. The summed E-state index contributed by atoms with van der Waals surface area (Å²) >= 11 is 0. The number of hydrogen-bond donors (Lipinski definition) is 1. The van der Waals surface area contributed by atoms with Gasteiger partial charge >= 0.3 is 0 Å². The average Bonchev–Trinajstić information content (AvgIpc) is 2.70. The van der Waals surface area contributed by atoms with Gasteiger partial charge in [0, 0.05) is 12.2 Å². The normalized spacial score (nSPS) is 11.6. The van der Waals surface area contributed by atoms with Crippen molar-refractivity contribution in [2.24, 2.45) is 0 Å². The summed E-state index contributed by atoms with van der Waals surface area (Å²) in [5, 5.41) is 0. The van der Waals surface area contributed by atoms with Crippen molar-refractivity contribution in [2.75, 3.05) is 25.4 Å². The summed E-state index contributed by atoms with van der Waals surface area (Å²) in [5.41, 5.74) is 8.77. The quantitative estimate of drug-likeness (QED) is 0.812. The second-order valence-electron chi connectivity index (χ2n) is 4.94. The molecule has 0 atom stereocenters. The van der Waals surface area contributed by atoms with Gasteiger partial charge in [0.05, 0.1) is 11.0 Å². The summed E-state index contributed by atoms with van der Waals surface area (Å²) in [6.45, 7) is 10.9. The van der Waals surface area contributed by atoms with Gasteiger partial charge < -0.3 is 15.2 Å². The Morgan fingerprint density at radius 2 is 2.00 bits per heavy atom. The first-order valence-corrected chi connectivity index (χ1v) is 7.10.